The van der Waals surface area contributed by atoms with E-state index in [9.17, 15) is 17.9 Å². The van der Waals surface area contributed by atoms with Gasteiger partial charge in [0.2, 0.25) is 10.0 Å². The van der Waals surface area contributed by atoms with E-state index in [1.165, 1.54) is 27.1 Å². The number of sulfonamides is 1. The minimum Gasteiger partial charge on any atom is -0.399 e. The quantitative estimate of drug-likeness (QED) is 0.740. The fraction of sp³-hybridized carbons (Fsp3) is 0.500. The normalized spacial score (nSPS) is 13.7. The van der Waals surface area contributed by atoms with Crippen LogP contribution < -0.4 is 5.73 Å². The van der Waals surface area contributed by atoms with Gasteiger partial charge < -0.3 is 15.6 Å². The molecule has 6 nitrogen and oxygen atoms in total. The van der Waals surface area contributed by atoms with Crippen molar-refractivity contribution in [3.8, 4) is 0 Å². The molecule has 0 spiro atoms. The van der Waals surface area contributed by atoms with Crippen molar-refractivity contribution in [1.82, 2.24) is 4.31 Å². The molecule has 1 rings (SSSR count). The number of rotatable bonds is 6. The zero-order chi connectivity index (χ0) is 15.5. The van der Waals surface area contributed by atoms with Gasteiger partial charge in [-0.25, -0.2) is 12.8 Å². The Kier molecular flexibility index (Phi) is 5.46. The van der Waals surface area contributed by atoms with Crippen LogP contribution in [0.2, 0.25) is 0 Å². The van der Waals surface area contributed by atoms with Crippen molar-refractivity contribution in [2.75, 3.05) is 33.0 Å². The van der Waals surface area contributed by atoms with Crippen molar-refractivity contribution in [3.63, 3.8) is 0 Å². The predicted octanol–water partition coefficient (Wildman–Crippen LogP) is 0.344. The van der Waals surface area contributed by atoms with E-state index in [0.717, 1.165) is 10.4 Å². The van der Waals surface area contributed by atoms with Gasteiger partial charge in [0.15, 0.2) is 0 Å². The predicted molar refractivity (Wildman–Crippen MR) is 73.2 cm³/mol. The summed E-state index contributed by atoms with van der Waals surface area (Å²) in [5.74, 6) is -0.686. The Morgan fingerprint density at radius 1 is 1.50 bits per heavy atom. The molecule has 0 fully saturated rings. The average molecular weight is 306 g/mol. The Labute approximate surface area is 118 Å². The maximum Gasteiger partial charge on any atom is 0.243 e. The molecule has 0 aliphatic rings. The highest BCUT2D eigenvalue weighted by Gasteiger charge is 2.26. The summed E-state index contributed by atoms with van der Waals surface area (Å²) in [6, 6.07) is 2.26. The third kappa shape index (κ3) is 3.66. The molecule has 0 bridgehead atoms. The Morgan fingerprint density at radius 2 is 2.10 bits per heavy atom. The standard InChI is InChI=1S/C12H19FN2O4S/c1-8-11(13)4-9(14)5-12(8)20(17,18)15(2)6-10(16)7-19-3/h4-5,10,16H,6-7,14H2,1-3H3. The lowest BCUT2D eigenvalue weighted by Crippen LogP contribution is -2.36. The van der Waals surface area contributed by atoms with Gasteiger partial charge in [0.1, 0.15) is 5.82 Å². The Balaban J connectivity index is 3.11. The number of likely N-dealkylation sites (N-methyl/N-ethyl adjacent to an activating group) is 1. The van der Waals surface area contributed by atoms with E-state index in [1.54, 1.807) is 0 Å². The third-order valence-electron chi connectivity index (χ3n) is 2.83. The highest BCUT2D eigenvalue weighted by molar-refractivity contribution is 7.89. The smallest absolute Gasteiger partial charge is 0.243 e. The number of benzene rings is 1. The number of hydrogen-bond acceptors (Lipinski definition) is 5. The molecule has 1 aromatic rings. The summed E-state index contributed by atoms with van der Waals surface area (Å²) in [6.45, 7) is 1.21. The van der Waals surface area contributed by atoms with Crippen LogP contribution in [-0.2, 0) is 14.8 Å². The van der Waals surface area contributed by atoms with E-state index in [0.29, 0.717) is 0 Å². The van der Waals surface area contributed by atoms with Crippen molar-refractivity contribution in [3.05, 3.63) is 23.5 Å². The highest BCUT2D eigenvalue weighted by atomic mass is 32.2. The van der Waals surface area contributed by atoms with Crippen LogP contribution in [0.5, 0.6) is 0 Å². The van der Waals surface area contributed by atoms with Crippen LogP contribution in [0.25, 0.3) is 0 Å². The maximum absolute atomic E-state index is 13.6. The highest BCUT2D eigenvalue weighted by Crippen LogP contribution is 2.24. The summed E-state index contributed by atoms with van der Waals surface area (Å²) < 4.78 is 44.0. The number of nitrogens with zero attached hydrogens (tertiary/aromatic N) is 1. The second-order valence-electron chi connectivity index (χ2n) is 4.52. The van der Waals surface area contributed by atoms with Gasteiger partial charge in [-0.15, -0.1) is 0 Å². The van der Waals surface area contributed by atoms with E-state index < -0.39 is 21.9 Å². The molecular weight excluding hydrogens is 287 g/mol. The maximum atomic E-state index is 13.6. The summed E-state index contributed by atoms with van der Waals surface area (Å²) in [6.07, 6.45) is -0.967. The lowest BCUT2D eigenvalue weighted by molar-refractivity contribution is 0.0554. The summed E-state index contributed by atoms with van der Waals surface area (Å²) in [4.78, 5) is -0.206. The number of halogens is 1. The van der Waals surface area contributed by atoms with Gasteiger partial charge in [0, 0.05) is 32.0 Å². The number of nitrogen functional groups attached to an aromatic ring is 1. The zero-order valence-electron chi connectivity index (χ0n) is 11.6. The number of anilines is 1. The Hall–Kier alpha value is -1.22. The van der Waals surface area contributed by atoms with Crippen LogP contribution >= 0.6 is 0 Å². The zero-order valence-corrected chi connectivity index (χ0v) is 12.4. The lowest BCUT2D eigenvalue weighted by Gasteiger charge is -2.21. The molecule has 0 aromatic heterocycles. The largest absolute Gasteiger partial charge is 0.399 e. The molecule has 3 N–H and O–H groups in total. The second kappa shape index (κ2) is 6.49. The molecule has 1 aromatic carbocycles. The molecule has 1 unspecified atom stereocenters. The molecule has 0 aliphatic carbocycles. The van der Waals surface area contributed by atoms with Gasteiger partial charge in [-0.1, -0.05) is 0 Å². The van der Waals surface area contributed by atoms with Gasteiger partial charge in [-0.05, 0) is 19.1 Å². The van der Waals surface area contributed by atoms with Gasteiger partial charge in [-0.3, -0.25) is 0 Å². The molecule has 8 heteroatoms. The third-order valence-corrected chi connectivity index (χ3v) is 4.78. The van der Waals surface area contributed by atoms with Crippen LogP contribution in [-0.4, -0.2) is 51.2 Å². The number of nitrogens with two attached hydrogens (primary N) is 1. The first-order valence-corrected chi connectivity index (χ1v) is 7.33. The molecule has 0 amide bonds. The average Bonchev–Trinajstić information content (AvgIpc) is 2.33. The van der Waals surface area contributed by atoms with Crippen LogP contribution in [0.1, 0.15) is 5.56 Å². The first-order valence-electron chi connectivity index (χ1n) is 5.89. The number of aliphatic hydroxyl groups is 1. The minimum atomic E-state index is -3.93. The van der Waals surface area contributed by atoms with Gasteiger partial charge >= 0.3 is 0 Å². The number of ether oxygens (including phenoxy) is 1. The second-order valence-corrected chi connectivity index (χ2v) is 6.53. The molecule has 0 saturated heterocycles. The number of hydrogen-bond donors (Lipinski definition) is 2. The van der Waals surface area contributed by atoms with Crippen molar-refractivity contribution >= 4 is 15.7 Å². The molecule has 1 atom stereocenters. The number of aliphatic hydroxyl groups excluding tert-OH is 1. The summed E-state index contributed by atoms with van der Waals surface area (Å²) in [5.41, 5.74) is 5.50. The Morgan fingerprint density at radius 3 is 2.65 bits per heavy atom. The van der Waals surface area contributed by atoms with Crippen LogP contribution in [0.3, 0.4) is 0 Å². The molecule has 0 saturated carbocycles. The van der Waals surface area contributed by atoms with E-state index in [4.69, 9.17) is 10.5 Å². The van der Waals surface area contributed by atoms with Crippen LogP contribution in [0, 0.1) is 12.7 Å². The SMILES string of the molecule is COCC(O)CN(C)S(=O)(=O)c1cc(N)cc(F)c1C. The van der Waals surface area contributed by atoms with Crippen molar-refractivity contribution in [1.29, 1.82) is 0 Å². The van der Waals surface area contributed by atoms with E-state index in [1.807, 2.05) is 0 Å². The van der Waals surface area contributed by atoms with Gasteiger partial charge in [-0.2, -0.15) is 4.31 Å². The Bertz CT molecular complexity index is 577. The molecular formula is C12H19FN2O4S. The van der Waals surface area contributed by atoms with E-state index in [-0.39, 0.29) is 29.3 Å². The molecule has 0 aliphatic heterocycles. The van der Waals surface area contributed by atoms with E-state index in [2.05, 4.69) is 0 Å². The fourth-order valence-corrected chi connectivity index (χ4v) is 3.22. The molecule has 0 radical (unpaired) electrons. The topological polar surface area (TPSA) is 92.9 Å². The number of methoxy groups -OCH3 is 1. The first-order chi connectivity index (χ1) is 9.20. The van der Waals surface area contributed by atoms with Crippen molar-refractivity contribution in [2.24, 2.45) is 0 Å². The van der Waals surface area contributed by atoms with Crippen molar-refractivity contribution in [2.45, 2.75) is 17.9 Å². The first kappa shape index (κ1) is 16.8. The van der Waals surface area contributed by atoms with Gasteiger partial charge in [0.05, 0.1) is 17.6 Å². The molecule has 0 heterocycles. The van der Waals surface area contributed by atoms with Crippen LogP contribution in [0.15, 0.2) is 17.0 Å². The summed E-state index contributed by atoms with van der Waals surface area (Å²) >= 11 is 0. The lowest BCUT2D eigenvalue weighted by atomic mass is 10.2. The van der Waals surface area contributed by atoms with Gasteiger partial charge in [0.25, 0.3) is 0 Å². The molecule has 20 heavy (non-hydrogen) atoms. The summed E-state index contributed by atoms with van der Waals surface area (Å²) in [7, 11) is -1.23. The van der Waals surface area contributed by atoms with Crippen LogP contribution in [0.4, 0.5) is 10.1 Å². The summed E-state index contributed by atoms with van der Waals surface area (Å²) in [5, 5.41) is 9.58. The van der Waals surface area contributed by atoms with E-state index >= 15 is 0 Å². The molecule has 114 valence electrons. The van der Waals surface area contributed by atoms with Crippen molar-refractivity contribution < 1.29 is 22.7 Å². The minimum absolute atomic E-state index is 0.00410. The monoisotopic (exact) mass is 306 g/mol. The fourth-order valence-electron chi connectivity index (χ4n) is 1.75.